The fourth-order valence-corrected chi connectivity index (χ4v) is 5.98. The topological polar surface area (TPSA) is 166 Å². The summed E-state index contributed by atoms with van der Waals surface area (Å²) < 4.78 is 22.9. The molecule has 0 bridgehead atoms. The van der Waals surface area contributed by atoms with Crippen molar-refractivity contribution in [1.29, 1.82) is 0 Å². The Morgan fingerprint density at radius 1 is 0.955 bits per heavy atom. The molecule has 0 aromatic rings. The lowest BCUT2D eigenvalue weighted by Gasteiger charge is -2.13. The third-order valence-electron chi connectivity index (χ3n) is 3.77. The Labute approximate surface area is 128 Å². The van der Waals surface area contributed by atoms with Crippen molar-refractivity contribution in [2.45, 2.75) is 32.1 Å². The molecule has 0 saturated heterocycles. The largest absolute Gasteiger partial charge is 0.630 e. The normalized spacial score (nSPS) is 27.4. The van der Waals surface area contributed by atoms with Gasteiger partial charge in [-0.3, -0.25) is 0 Å². The summed E-state index contributed by atoms with van der Waals surface area (Å²) in [5, 5.41) is 0. The Hall–Kier alpha value is 0.730. The maximum atomic E-state index is 10.5. The fourth-order valence-electron chi connectivity index (χ4n) is 2.78. The second-order valence-electron chi connectivity index (χ2n) is 5.71. The second-order valence-corrected chi connectivity index (χ2v) is 10.2. The predicted molar refractivity (Wildman–Crippen MR) is 76.4 cm³/mol. The standard InChI is InChI=1S/C9H19O10P3/c10-20(11,12)18-22(15,16)19-21(13,14)17-6-7-1-2-9(5-7)8-3-4-8/h7-9,13-16H,1-6H2/p+2. The first-order valence-electron chi connectivity index (χ1n) is 6.78. The third kappa shape index (κ3) is 6.69. The van der Waals surface area contributed by atoms with Gasteiger partial charge < -0.3 is 9.79 Å². The smallest absolute Gasteiger partial charge is 0.300 e. The van der Waals surface area contributed by atoms with E-state index in [1.165, 1.54) is 12.8 Å². The molecule has 0 amide bonds. The summed E-state index contributed by atoms with van der Waals surface area (Å²) in [5.41, 5.74) is 0. The Bertz CT molecular complexity index is 433. The molecule has 2 rings (SSSR count). The molecule has 2 atom stereocenters. The molecule has 2 fully saturated rings. The van der Waals surface area contributed by atoms with Gasteiger partial charge in [-0.1, -0.05) is 0 Å². The summed E-state index contributed by atoms with van der Waals surface area (Å²) in [7, 11) is -15.0. The van der Waals surface area contributed by atoms with Crippen molar-refractivity contribution in [1.82, 2.24) is 0 Å². The molecular weight excluding hydrogens is 361 g/mol. The molecule has 2 aliphatic rings. The van der Waals surface area contributed by atoms with Crippen molar-refractivity contribution in [2.75, 3.05) is 6.61 Å². The van der Waals surface area contributed by atoms with E-state index in [9.17, 15) is 14.4 Å². The van der Waals surface area contributed by atoms with Crippen LogP contribution in [0.1, 0.15) is 32.1 Å². The lowest BCUT2D eigenvalue weighted by molar-refractivity contribution is 0.116. The van der Waals surface area contributed by atoms with Gasteiger partial charge in [0.15, 0.2) is 0 Å². The molecule has 0 heterocycles. The van der Waals surface area contributed by atoms with Crippen LogP contribution < -0.4 is 0 Å². The maximum Gasteiger partial charge on any atom is 0.630 e. The fraction of sp³-hybridized carbons (Fsp3) is 1.00. The van der Waals surface area contributed by atoms with Crippen molar-refractivity contribution in [2.24, 2.45) is 17.8 Å². The van der Waals surface area contributed by atoms with E-state index in [0.717, 1.165) is 25.2 Å². The van der Waals surface area contributed by atoms with Crippen LogP contribution in [0.5, 0.6) is 0 Å². The lowest BCUT2D eigenvalue weighted by atomic mass is 10.0. The lowest BCUT2D eigenvalue weighted by Crippen LogP contribution is -2.11. The summed E-state index contributed by atoms with van der Waals surface area (Å²) in [6.07, 6.45) is 5.31. The zero-order valence-electron chi connectivity index (χ0n) is 11.6. The van der Waals surface area contributed by atoms with Crippen molar-refractivity contribution >= 4 is 24.2 Å². The van der Waals surface area contributed by atoms with E-state index in [1.807, 2.05) is 0 Å². The van der Waals surface area contributed by atoms with E-state index < -0.39 is 24.2 Å². The molecule has 0 radical (unpaired) electrons. The number of rotatable bonds is 8. The molecule has 130 valence electrons. The number of phosphoric acid groups is 1. The van der Waals surface area contributed by atoms with Crippen LogP contribution in [0, 0.1) is 17.8 Å². The van der Waals surface area contributed by atoms with Gasteiger partial charge in [0.1, 0.15) is 6.61 Å². The highest BCUT2D eigenvalue weighted by atomic mass is 31.3. The van der Waals surface area contributed by atoms with Crippen LogP contribution in [0.2, 0.25) is 0 Å². The molecule has 2 aliphatic carbocycles. The van der Waals surface area contributed by atoms with E-state index >= 15 is 0 Å². The molecule has 2 saturated carbocycles. The molecule has 2 unspecified atom stereocenters. The van der Waals surface area contributed by atoms with Crippen LogP contribution >= 0.6 is 24.2 Å². The van der Waals surface area contributed by atoms with Crippen LogP contribution in [0.3, 0.4) is 0 Å². The molecule has 0 aliphatic heterocycles. The van der Waals surface area contributed by atoms with Crippen molar-refractivity contribution in [3.63, 3.8) is 0 Å². The van der Waals surface area contributed by atoms with Crippen LogP contribution in [-0.2, 0) is 17.7 Å². The van der Waals surface area contributed by atoms with E-state index in [4.69, 9.17) is 24.1 Å². The van der Waals surface area contributed by atoms with E-state index in [1.54, 1.807) is 0 Å². The zero-order chi connectivity index (χ0) is 16.6. The summed E-state index contributed by atoms with van der Waals surface area (Å²) in [6.45, 7) is -0.0418. The quantitative estimate of drug-likeness (QED) is 0.337. The highest BCUT2D eigenvalue weighted by Crippen LogP contribution is 2.74. The first-order chi connectivity index (χ1) is 9.96. The highest BCUT2D eigenvalue weighted by Gasteiger charge is 2.63. The molecular formula is C9H21O10P3+2. The monoisotopic (exact) mass is 382 g/mol. The minimum absolute atomic E-state index is 0.0418. The average molecular weight is 382 g/mol. The maximum absolute atomic E-state index is 10.5. The van der Waals surface area contributed by atoms with Crippen molar-refractivity contribution < 1.29 is 47.1 Å². The van der Waals surface area contributed by atoms with Gasteiger partial charge in [-0.15, -0.1) is 0 Å². The van der Waals surface area contributed by atoms with Gasteiger partial charge in [-0.2, -0.15) is 24.1 Å². The van der Waals surface area contributed by atoms with E-state index in [0.29, 0.717) is 5.92 Å². The van der Waals surface area contributed by atoms with Crippen LogP contribution in [0.25, 0.3) is 0 Å². The first-order valence-corrected chi connectivity index (χ1v) is 11.4. The molecule has 6 N–H and O–H groups in total. The second kappa shape index (κ2) is 6.92. The Balaban J connectivity index is 1.76. The van der Waals surface area contributed by atoms with Crippen molar-refractivity contribution in [3.8, 4) is 0 Å². The van der Waals surface area contributed by atoms with Gasteiger partial charge in [0.2, 0.25) is 0 Å². The minimum atomic E-state index is -5.26. The predicted octanol–water partition coefficient (Wildman–Crippen LogP) is 1.28. The van der Waals surface area contributed by atoms with Gasteiger partial charge in [0, 0.05) is 0 Å². The molecule has 13 heteroatoms. The minimum Gasteiger partial charge on any atom is -0.300 e. The number of hydrogen-bond donors (Lipinski definition) is 6. The van der Waals surface area contributed by atoms with Gasteiger partial charge in [0.05, 0.1) is 4.31 Å². The first kappa shape index (κ1) is 19.1. The SMILES string of the molecule is O=P(O)(O)O[P+](O)(O)O[P+](O)(O)OCC1CCC(C2CC2)C1. The average Bonchev–Trinajstić information content (AvgIpc) is 3.01. The highest BCUT2D eigenvalue weighted by molar-refractivity contribution is 7.72. The zero-order valence-corrected chi connectivity index (χ0v) is 14.3. The molecule has 22 heavy (non-hydrogen) atoms. The van der Waals surface area contributed by atoms with Crippen LogP contribution in [0.4, 0.5) is 0 Å². The Morgan fingerprint density at radius 2 is 1.55 bits per heavy atom. The summed E-state index contributed by atoms with van der Waals surface area (Å²) in [4.78, 5) is 54.2. The number of hydrogen-bond acceptors (Lipinski definition) is 8. The summed E-state index contributed by atoms with van der Waals surface area (Å²) in [5.74, 6) is 1.50. The van der Waals surface area contributed by atoms with Crippen LogP contribution in [-0.4, -0.2) is 36.0 Å². The Morgan fingerprint density at radius 3 is 2.09 bits per heavy atom. The van der Waals surface area contributed by atoms with E-state index in [-0.39, 0.29) is 12.5 Å². The molecule has 0 aromatic carbocycles. The summed E-state index contributed by atoms with van der Waals surface area (Å²) >= 11 is 0. The Kier molecular flexibility index (Phi) is 6.00. The van der Waals surface area contributed by atoms with Gasteiger partial charge in [-0.25, -0.2) is 4.57 Å². The molecule has 0 spiro atoms. The van der Waals surface area contributed by atoms with Gasteiger partial charge in [-0.05, 0) is 54.2 Å². The van der Waals surface area contributed by atoms with Crippen LogP contribution in [0.15, 0.2) is 0 Å². The molecule has 0 aromatic heterocycles. The summed E-state index contributed by atoms with van der Waals surface area (Å²) in [6, 6.07) is 0. The molecule has 10 nitrogen and oxygen atoms in total. The van der Waals surface area contributed by atoms with Gasteiger partial charge in [0.25, 0.3) is 0 Å². The van der Waals surface area contributed by atoms with Crippen molar-refractivity contribution in [3.05, 3.63) is 0 Å². The van der Waals surface area contributed by atoms with Gasteiger partial charge >= 0.3 is 24.2 Å². The van der Waals surface area contributed by atoms with E-state index in [2.05, 4.69) is 8.62 Å². The third-order valence-corrected chi connectivity index (χ3v) is 7.66.